The van der Waals surface area contributed by atoms with Crippen LogP contribution in [-0.2, 0) is 18.4 Å². The van der Waals surface area contributed by atoms with Crippen molar-refractivity contribution in [2.45, 2.75) is 180 Å². The molecule has 0 rings (SSSR count). The first-order valence-corrected chi connectivity index (χ1v) is 21.9. The van der Waals surface area contributed by atoms with E-state index in [1.54, 1.807) is 6.08 Å². The Labute approximate surface area is 308 Å². The Bertz CT molecular complexity index is 917. The van der Waals surface area contributed by atoms with Gasteiger partial charge in [-0.1, -0.05) is 147 Å². The van der Waals surface area contributed by atoms with E-state index in [2.05, 4.69) is 43.5 Å². The molecule has 0 fully saturated rings. The van der Waals surface area contributed by atoms with Crippen LogP contribution in [0.3, 0.4) is 0 Å². The maximum absolute atomic E-state index is 12.8. The second kappa shape index (κ2) is 33.5. The predicted octanol–water partition coefficient (Wildman–Crippen LogP) is 10.7. The number of aliphatic hydroxyl groups is 1. The second-order valence-corrected chi connectivity index (χ2v) is 16.5. The molecule has 3 unspecified atom stereocenters. The van der Waals surface area contributed by atoms with E-state index < -0.39 is 20.0 Å². The number of carbonyl (C=O) groups is 1. The fourth-order valence-corrected chi connectivity index (χ4v) is 6.28. The molecule has 0 aliphatic rings. The molecule has 0 aromatic rings. The van der Waals surface area contributed by atoms with Gasteiger partial charge in [0.25, 0.3) is 0 Å². The minimum Gasteiger partial charge on any atom is -0.387 e. The summed E-state index contributed by atoms with van der Waals surface area (Å²) in [7, 11) is 1.56. The van der Waals surface area contributed by atoms with E-state index in [1.165, 1.54) is 103 Å². The zero-order chi connectivity index (χ0) is 37.2. The Balaban J connectivity index is 4.37. The summed E-state index contributed by atoms with van der Waals surface area (Å²) in [5, 5.41) is 13.7. The van der Waals surface area contributed by atoms with Gasteiger partial charge in [0, 0.05) is 6.42 Å². The number of unbranched alkanes of at least 4 members (excludes halogenated alkanes) is 19. The topological polar surface area (TPSA) is 105 Å². The maximum atomic E-state index is 12.8. The second-order valence-electron chi connectivity index (χ2n) is 15.0. The average Bonchev–Trinajstić information content (AvgIpc) is 3.06. The zero-order valence-corrected chi connectivity index (χ0v) is 34.0. The highest BCUT2D eigenvalue weighted by atomic mass is 31.2. The van der Waals surface area contributed by atoms with Gasteiger partial charge in [-0.25, -0.2) is 4.57 Å². The molecular weight excluding hydrogens is 647 g/mol. The van der Waals surface area contributed by atoms with Gasteiger partial charge in [0.15, 0.2) is 0 Å². The number of hydrogen-bond donors (Lipinski definition) is 3. The smallest absolute Gasteiger partial charge is 0.387 e. The molecule has 0 aromatic carbocycles. The summed E-state index contributed by atoms with van der Waals surface area (Å²) < 4.78 is 23.4. The molecule has 0 aliphatic heterocycles. The van der Waals surface area contributed by atoms with Gasteiger partial charge in [-0.05, 0) is 51.4 Å². The number of carbonyl (C=O) groups excluding carboxylic acids is 1. The lowest BCUT2D eigenvalue weighted by Crippen LogP contribution is -2.45. The van der Waals surface area contributed by atoms with Crippen LogP contribution in [0.4, 0.5) is 0 Å². The fraction of sp³-hybridized carbons (Fsp3) is 0.829. The van der Waals surface area contributed by atoms with Gasteiger partial charge in [0.05, 0.1) is 39.9 Å². The van der Waals surface area contributed by atoms with E-state index in [9.17, 15) is 19.4 Å². The van der Waals surface area contributed by atoms with Crippen molar-refractivity contribution < 1.29 is 32.9 Å². The van der Waals surface area contributed by atoms with Crippen LogP contribution in [0.5, 0.6) is 0 Å². The van der Waals surface area contributed by atoms with E-state index in [0.29, 0.717) is 17.4 Å². The molecule has 294 valence electrons. The highest BCUT2D eigenvalue weighted by Crippen LogP contribution is 2.43. The summed E-state index contributed by atoms with van der Waals surface area (Å²) in [5.74, 6) is -0.186. The summed E-state index contributed by atoms with van der Waals surface area (Å²) >= 11 is 0. The van der Waals surface area contributed by atoms with E-state index in [1.807, 2.05) is 27.2 Å². The number of rotatable bonds is 36. The van der Waals surface area contributed by atoms with Crippen molar-refractivity contribution in [1.29, 1.82) is 0 Å². The van der Waals surface area contributed by atoms with E-state index in [-0.39, 0.29) is 19.1 Å². The van der Waals surface area contributed by atoms with Crippen molar-refractivity contribution in [2.24, 2.45) is 0 Å². The Morgan fingerprint density at radius 1 is 0.680 bits per heavy atom. The Kier molecular flexibility index (Phi) is 32.7. The molecule has 0 saturated carbocycles. The monoisotopic (exact) mass is 728 g/mol. The molecule has 9 heteroatoms. The van der Waals surface area contributed by atoms with Crippen LogP contribution in [0.25, 0.3) is 0 Å². The third-order valence-electron chi connectivity index (χ3n) is 8.85. The number of allylic oxidation sites excluding steroid dienone is 5. The molecule has 50 heavy (non-hydrogen) atoms. The van der Waals surface area contributed by atoms with E-state index in [4.69, 9.17) is 9.05 Å². The molecule has 0 heterocycles. The molecule has 8 nitrogen and oxygen atoms in total. The number of hydrogen-bond acceptors (Lipinski definition) is 5. The minimum absolute atomic E-state index is 0.0599. The van der Waals surface area contributed by atoms with E-state index in [0.717, 1.165) is 44.9 Å². The molecule has 0 aliphatic carbocycles. The SMILES string of the molecule is CCCCC/C=C\C/C=C\CCCCCCCCCCCC(=O)NC(COP(=O)(O)OCC[N+](C)(C)C)C(O)/C=C/CCCCCCCCC. The molecule has 1 amide bonds. The minimum atomic E-state index is -4.33. The van der Waals surface area contributed by atoms with Gasteiger partial charge in [-0.15, -0.1) is 0 Å². The molecule has 0 saturated heterocycles. The number of aliphatic hydroxyl groups excluding tert-OH is 1. The van der Waals surface area contributed by atoms with Crippen molar-refractivity contribution in [1.82, 2.24) is 5.32 Å². The zero-order valence-electron chi connectivity index (χ0n) is 33.1. The van der Waals surface area contributed by atoms with Crippen molar-refractivity contribution in [3.05, 3.63) is 36.5 Å². The van der Waals surface area contributed by atoms with Crippen LogP contribution in [-0.4, -0.2) is 73.4 Å². The number of nitrogens with zero attached hydrogens (tertiary/aromatic N) is 1. The lowest BCUT2D eigenvalue weighted by Gasteiger charge is -2.25. The summed E-state index contributed by atoms with van der Waals surface area (Å²) in [4.78, 5) is 23.0. The van der Waals surface area contributed by atoms with Crippen molar-refractivity contribution in [3.63, 3.8) is 0 Å². The number of nitrogens with one attached hydrogen (secondary N) is 1. The Morgan fingerprint density at radius 2 is 1.14 bits per heavy atom. The first kappa shape index (κ1) is 48.7. The molecule has 3 N–H and O–H groups in total. The normalized spacial score (nSPS) is 14.9. The van der Waals surface area contributed by atoms with Crippen LogP contribution >= 0.6 is 7.82 Å². The van der Waals surface area contributed by atoms with Crippen LogP contribution in [0.2, 0.25) is 0 Å². The number of likely N-dealkylation sites (N-methyl/N-ethyl adjacent to an activating group) is 1. The van der Waals surface area contributed by atoms with Crippen molar-refractivity contribution >= 4 is 13.7 Å². The van der Waals surface area contributed by atoms with Gasteiger partial charge in [-0.2, -0.15) is 0 Å². The molecular formula is C41H80N2O6P+. The quantitative estimate of drug-likeness (QED) is 0.0257. The van der Waals surface area contributed by atoms with Gasteiger partial charge < -0.3 is 19.8 Å². The lowest BCUT2D eigenvalue weighted by atomic mass is 10.0. The summed E-state index contributed by atoms with van der Waals surface area (Å²) in [6.45, 7) is 4.74. The summed E-state index contributed by atoms with van der Waals surface area (Å²) in [6, 6.07) is -0.845. The largest absolute Gasteiger partial charge is 0.472 e. The summed E-state index contributed by atoms with van der Waals surface area (Å²) in [6.07, 6.45) is 39.2. The average molecular weight is 728 g/mol. The molecule has 0 spiro atoms. The van der Waals surface area contributed by atoms with Crippen LogP contribution < -0.4 is 5.32 Å². The molecule has 0 aromatic heterocycles. The number of amides is 1. The predicted molar refractivity (Wildman–Crippen MR) is 212 cm³/mol. The van der Waals surface area contributed by atoms with Gasteiger partial charge in [0.1, 0.15) is 13.2 Å². The van der Waals surface area contributed by atoms with Gasteiger partial charge in [-0.3, -0.25) is 13.8 Å². The Hall–Kier alpha value is -1.28. The standard InChI is InChI=1S/C41H79N2O6P/c1-6-8-10-12-14-16-17-18-19-20-21-22-23-24-25-27-29-31-33-35-41(45)42-39(38-49-50(46,47)48-37-36-43(3,4)5)40(44)34-32-30-28-26-15-13-11-9-7-2/h14,16,18-19,32,34,39-40,44H,6-13,15,17,20-31,33,35-38H2,1-5H3,(H-,42,45,46,47)/p+1/b16-14-,19-18-,34-32+. The van der Waals surface area contributed by atoms with Gasteiger partial charge >= 0.3 is 7.82 Å². The third-order valence-corrected chi connectivity index (χ3v) is 9.84. The lowest BCUT2D eigenvalue weighted by molar-refractivity contribution is -0.870. The highest BCUT2D eigenvalue weighted by Gasteiger charge is 2.27. The number of phosphoric acid groups is 1. The first-order chi connectivity index (χ1) is 24.0. The van der Waals surface area contributed by atoms with Crippen molar-refractivity contribution in [2.75, 3.05) is 40.9 Å². The highest BCUT2D eigenvalue weighted by molar-refractivity contribution is 7.47. The van der Waals surface area contributed by atoms with Crippen LogP contribution in [0.1, 0.15) is 168 Å². The van der Waals surface area contributed by atoms with Crippen LogP contribution in [0, 0.1) is 0 Å². The summed E-state index contributed by atoms with van der Waals surface area (Å²) in [5.41, 5.74) is 0. The Morgan fingerprint density at radius 3 is 1.68 bits per heavy atom. The van der Waals surface area contributed by atoms with E-state index >= 15 is 0 Å². The maximum Gasteiger partial charge on any atom is 0.472 e. The fourth-order valence-electron chi connectivity index (χ4n) is 5.54. The molecule has 0 radical (unpaired) electrons. The number of phosphoric ester groups is 1. The molecule has 0 bridgehead atoms. The van der Waals surface area contributed by atoms with Gasteiger partial charge in [0.2, 0.25) is 5.91 Å². The third kappa shape index (κ3) is 35.1. The number of quaternary nitrogens is 1. The molecule has 3 atom stereocenters. The van der Waals surface area contributed by atoms with Crippen molar-refractivity contribution in [3.8, 4) is 0 Å². The first-order valence-electron chi connectivity index (χ1n) is 20.4. The van der Waals surface area contributed by atoms with Crippen LogP contribution in [0.15, 0.2) is 36.5 Å².